The fourth-order valence-corrected chi connectivity index (χ4v) is 2.11. The highest BCUT2D eigenvalue weighted by Crippen LogP contribution is 2.20. The molecule has 0 amide bonds. The van der Waals surface area contributed by atoms with Crippen molar-refractivity contribution in [2.24, 2.45) is 0 Å². The predicted molar refractivity (Wildman–Crippen MR) is 57.1 cm³/mol. The van der Waals surface area contributed by atoms with E-state index >= 15 is 0 Å². The van der Waals surface area contributed by atoms with Gasteiger partial charge in [0.15, 0.2) is 0 Å². The van der Waals surface area contributed by atoms with E-state index in [1.807, 2.05) is 25.4 Å². The topological polar surface area (TPSA) is 37.0 Å². The van der Waals surface area contributed by atoms with Gasteiger partial charge >= 0.3 is 0 Å². The van der Waals surface area contributed by atoms with E-state index in [1.165, 1.54) is 12.8 Å². The van der Waals surface area contributed by atoms with Gasteiger partial charge in [-0.15, -0.1) is 0 Å². The quantitative estimate of drug-likeness (QED) is 0.751. The highest BCUT2D eigenvalue weighted by atomic mass is 15.0. The van der Waals surface area contributed by atoms with Crippen LogP contribution in [-0.2, 0) is 0 Å². The fraction of sp³-hybridized carbons (Fsp3) is 0.545. The molecule has 14 heavy (non-hydrogen) atoms. The zero-order valence-corrected chi connectivity index (χ0v) is 8.53. The number of likely N-dealkylation sites (N-methyl/N-ethyl adjacent to an activating group) is 1. The summed E-state index contributed by atoms with van der Waals surface area (Å²) in [5.41, 5.74) is 1.13. The summed E-state index contributed by atoms with van der Waals surface area (Å²) in [6.45, 7) is 1.13. The number of hydrogen-bond donors (Lipinski definition) is 2. The zero-order chi connectivity index (χ0) is 9.80. The van der Waals surface area contributed by atoms with Gasteiger partial charge in [-0.25, -0.2) is 0 Å². The van der Waals surface area contributed by atoms with Crippen LogP contribution in [0.1, 0.15) is 24.6 Å². The van der Waals surface area contributed by atoms with Crippen molar-refractivity contribution in [1.29, 1.82) is 0 Å². The summed E-state index contributed by atoms with van der Waals surface area (Å²) in [6, 6.07) is 6.97. The Bertz CT molecular complexity index is 267. The number of aromatic nitrogens is 1. The molecule has 1 saturated heterocycles. The Morgan fingerprint density at radius 2 is 2.50 bits per heavy atom. The van der Waals surface area contributed by atoms with Crippen molar-refractivity contribution in [3.8, 4) is 0 Å². The molecule has 2 unspecified atom stereocenters. The van der Waals surface area contributed by atoms with Gasteiger partial charge in [-0.05, 0) is 38.6 Å². The first-order chi connectivity index (χ1) is 6.92. The maximum Gasteiger partial charge on any atom is 0.0648 e. The molecule has 0 spiro atoms. The first-order valence-corrected chi connectivity index (χ1v) is 5.23. The molecule has 2 heterocycles. The summed E-state index contributed by atoms with van der Waals surface area (Å²) in [6.07, 6.45) is 4.37. The van der Waals surface area contributed by atoms with Gasteiger partial charge in [0.2, 0.25) is 0 Å². The molecule has 76 valence electrons. The van der Waals surface area contributed by atoms with Gasteiger partial charge in [0.05, 0.1) is 11.7 Å². The van der Waals surface area contributed by atoms with Crippen LogP contribution in [0.25, 0.3) is 0 Å². The van der Waals surface area contributed by atoms with Crippen LogP contribution in [0.3, 0.4) is 0 Å². The van der Waals surface area contributed by atoms with Crippen LogP contribution < -0.4 is 10.6 Å². The van der Waals surface area contributed by atoms with E-state index in [0.29, 0.717) is 12.1 Å². The van der Waals surface area contributed by atoms with Crippen molar-refractivity contribution in [1.82, 2.24) is 15.6 Å². The smallest absolute Gasteiger partial charge is 0.0648 e. The molecule has 1 aromatic rings. The molecule has 1 aliphatic heterocycles. The van der Waals surface area contributed by atoms with Crippen LogP contribution in [0, 0.1) is 0 Å². The molecule has 0 aliphatic carbocycles. The molecule has 0 radical (unpaired) electrons. The van der Waals surface area contributed by atoms with Crippen LogP contribution in [-0.4, -0.2) is 24.6 Å². The van der Waals surface area contributed by atoms with Gasteiger partial charge in [0, 0.05) is 12.2 Å². The summed E-state index contributed by atoms with van der Waals surface area (Å²) < 4.78 is 0. The third-order valence-corrected chi connectivity index (χ3v) is 2.82. The van der Waals surface area contributed by atoms with E-state index in [9.17, 15) is 0 Å². The fourth-order valence-electron chi connectivity index (χ4n) is 2.11. The van der Waals surface area contributed by atoms with Crippen LogP contribution in [0.15, 0.2) is 24.4 Å². The number of hydrogen-bond acceptors (Lipinski definition) is 3. The Hall–Kier alpha value is -0.930. The lowest BCUT2D eigenvalue weighted by molar-refractivity contribution is 0.432. The summed E-state index contributed by atoms with van der Waals surface area (Å²) in [4.78, 5) is 4.39. The number of nitrogens with one attached hydrogen (secondary N) is 2. The molecule has 0 aromatic carbocycles. The third kappa shape index (κ3) is 1.94. The molecule has 1 fully saturated rings. The zero-order valence-electron chi connectivity index (χ0n) is 8.53. The number of pyridine rings is 1. The van der Waals surface area contributed by atoms with E-state index in [2.05, 4.69) is 21.7 Å². The monoisotopic (exact) mass is 191 g/mol. The Morgan fingerprint density at radius 1 is 1.57 bits per heavy atom. The van der Waals surface area contributed by atoms with Gasteiger partial charge in [-0.1, -0.05) is 6.07 Å². The molecular formula is C11H17N3. The molecule has 2 rings (SSSR count). The van der Waals surface area contributed by atoms with E-state index in [1.54, 1.807) is 0 Å². The van der Waals surface area contributed by atoms with Crippen molar-refractivity contribution in [3.05, 3.63) is 30.1 Å². The van der Waals surface area contributed by atoms with E-state index in [4.69, 9.17) is 0 Å². The number of nitrogens with zero attached hydrogens (tertiary/aromatic N) is 1. The third-order valence-electron chi connectivity index (χ3n) is 2.82. The second-order valence-corrected chi connectivity index (χ2v) is 3.72. The van der Waals surface area contributed by atoms with Crippen LogP contribution in [0.4, 0.5) is 0 Å². The average molecular weight is 191 g/mol. The van der Waals surface area contributed by atoms with Crippen molar-refractivity contribution in [2.45, 2.75) is 24.9 Å². The standard InChI is InChI=1S/C11H17N3/c1-12-11(10-6-4-8-14-10)9-5-2-3-7-13-9/h2-3,5,7,10-12,14H,4,6,8H2,1H3. The Kier molecular flexibility index (Phi) is 3.11. The Balaban J connectivity index is 2.12. The second-order valence-electron chi connectivity index (χ2n) is 3.72. The minimum atomic E-state index is 0.346. The average Bonchev–Trinajstić information content (AvgIpc) is 2.74. The van der Waals surface area contributed by atoms with Gasteiger partial charge < -0.3 is 10.6 Å². The number of rotatable bonds is 3. The highest BCUT2D eigenvalue weighted by Gasteiger charge is 2.24. The first-order valence-electron chi connectivity index (χ1n) is 5.23. The van der Waals surface area contributed by atoms with Crippen LogP contribution in [0.5, 0.6) is 0 Å². The Labute approximate surface area is 84.9 Å². The molecule has 2 N–H and O–H groups in total. The predicted octanol–water partition coefficient (Wildman–Crippen LogP) is 1.09. The second kappa shape index (κ2) is 4.53. The normalized spacial score (nSPS) is 23.6. The molecule has 3 nitrogen and oxygen atoms in total. The van der Waals surface area contributed by atoms with Gasteiger partial charge in [0.25, 0.3) is 0 Å². The lowest BCUT2D eigenvalue weighted by atomic mass is 10.0. The molecule has 1 aromatic heterocycles. The maximum atomic E-state index is 4.39. The SMILES string of the molecule is CNC(c1ccccn1)C1CCCN1. The van der Waals surface area contributed by atoms with Gasteiger partial charge in [-0.3, -0.25) is 4.98 Å². The minimum absolute atomic E-state index is 0.346. The van der Waals surface area contributed by atoms with Crippen molar-refractivity contribution < 1.29 is 0 Å². The van der Waals surface area contributed by atoms with Crippen molar-refractivity contribution >= 4 is 0 Å². The summed E-state index contributed by atoms with van der Waals surface area (Å²) >= 11 is 0. The highest BCUT2D eigenvalue weighted by molar-refractivity contribution is 5.11. The van der Waals surface area contributed by atoms with Crippen LogP contribution >= 0.6 is 0 Å². The summed E-state index contributed by atoms with van der Waals surface area (Å²) in [7, 11) is 2.00. The minimum Gasteiger partial charge on any atom is -0.312 e. The largest absolute Gasteiger partial charge is 0.312 e. The molecule has 3 heteroatoms. The molecule has 2 atom stereocenters. The molecule has 1 aliphatic rings. The summed E-state index contributed by atoms with van der Waals surface area (Å²) in [5.74, 6) is 0. The molecular weight excluding hydrogens is 174 g/mol. The Morgan fingerprint density at radius 3 is 3.07 bits per heavy atom. The lowest BCUT2D eigenvalue weighted by Gasteiger charge is -2.22. The van der Waals surface area contributed by atoms with Crippen molar-refractivity contribution in [2.75, 3.05) is 13.6 Å². The lowest BCUT2D eigenvalue weighted by Crippen LogP contribution is -2.36. The molecule has 0 bridgehead atoms. The van der Waals surface area contributed by atoms with Gasteiger partial charge in [0.1, 0.15) is 0 Å². The summed E-state index contributed by atoms with van der Waals surface area (Å²) in [5, 5.41) is 6.84. The van der Waals surface area contributed by atoms with E-state index < -0.39 is 0 Å². The van der Waals surface area contributed by atoms with E-state index in [-0.39, 0.29) is 0 Å². The van der Waals surface area contributed by atoms with Crippen LogP contribution in [0.2, 0.25) is 0 Å². The maximum absolute atomic E-state index is 4.39. The van der Waals surface area contributed by atoms with Crippen molar-refractivity contribution in [3.63, 3.8) is 0 Å². The molecule has 0 saturated carbocycles. The van der Waals surface area contributed by atoms with Gasteiger partial charge in [-0.2, -0.15) is 0 Å². The van der Waals surface area contributed by atoms with E-state index in [0.717, 1.165) is 12.2 Å². The first kappa shape index (κ1) is 9.62.